The van der Waals surface area contributed by atoms with Gasteiger partial charge in [0.1, 0.15) is 17.8 Å². The van der Waals surface area contributed by atoms with E-state index in [2.05, 4.69) is 21.7 Å². The molecule has 1 fully saturated rings. The van der Waals surface area contributed by atoms with Gasteiger partial charge in [0.2, 0.25) is 17.7 Å². The molecule has 5 rings (SSSR count). The summed E-state index contributed by atoms with van der Waals surface area (Å²) in [4.78, 5) is 44.8. The normalized spacial score (nSPS) is 21.7. The van der Waals surface area contributed by atoms with Gasteiger partial charge >= 0.3 is 0 Å². The molecule has 8 nitrogen and oxygen atoms in total. The van der Waals surface area contributed by atoms with Crippen molar-refractivity contribution in [3.63, 3.8) is 0 Å². The highest BCUT2D eigenvalue weighted by Crippen LogP contribution is 2.46. The maximum Gasteiger partial charge on any atom is 0.238 e. The number of likely N-dealkylation sites (tertiary alicyclic amines) is 1. The number of nitriles is 1. The lowest BCUT2D eigenvalue weighted by atomic mass is 9.80. The number of fused-ring (bicyclic) bond motifs is 3. The number of aromatic amines is 1. The summed E-state index contributed by atoms with van der Waals surface area (Å²) in [5.41, 5.74) is 1.40. The van der Waals surface area contributed by atoms with E-state index >= 15 is 0 Å². The van der Waals surface area contributed by atoms with Crippen molar-refractivity contribution >= 4 is 40.1 Å². The quantitative estimate of drug-likeness (QED) is 0.493. The Labute approximate surface area is 203 Å². The van der Waals surface area contributed by atoms with E-state index in [1.54, 1.807) is 0 Å². The van der Waals surface area contributed by atoms with E-state index < -0.39 is 29.2 Å². The van der Waals surface area contributed by atoms with Gasteiger partial charge in [-0.3, -0.25) is 14.4 Å². The van der Waals surface area contributed by atoms with Crippen LogP contribution in [-0.4, -0.2) is 40.2 Å². The third kappa shape index (κ3) is 3.83. The molecule has 1 aromatic heterocycles. The molecule has 1 saturated heterocycles. The highest BCUT2D eigenvalue weighted by Gasteiger charge is 2.56. The van der Waals surface area contributed by atoms with Gasteiger partial charge in [-0.25, -0.2) is 0 Å². The standard InChI is InChI=1S/C27H27N5O3/c1-16(2)11-19(24(33)31-23-12-17-7-3-5-9-21(17)29-23)25(34)32-15-27(13-18(32)14-28)20-8-4-6-10-22(20)30-26(27)35/h3-10,12,16,18-19,29H,11,13,15H2,1-2H3,(H,30,35)(H,31,33)/t18?,19?,27-/m0/s1. The van der Waals surface area contributed by atoms with E-state index in [4.69, 9.17) is 0 Å². The van der Waals surface area contributed by atoms with Crippen LogP contribution in [0.1, 0.15) is 32.3 Å². The topological polar surface area (TPSA) is 118 Å². The summed E-state index contributed by atoms with van der Waals surface area (Å²) < 4.78 is 0. The molecule has 2 aliphatic heterocycles. The van der Waals surface area contributed by atoms with E-state index in [9.17, 15) is 19.6 Å². The van der Waals surface area contributed by atoms with Gasteiger partial charge in [0.05, 0.1) is 11.5 Å². The summed E-state index contributed by atoms with van der Waals surface area (Å²) in [5, 5.41) is 16.6. The number of aromatic nitrogens is 1. The highest BCUT2D eigenvalue weighted by atomic mass is 16.2. The van der Waals surface area contributed by atoms with Gasteiger partial charge in [0, 0.05) is 29.6 Å². The largest absolute Gasteiger partial charge is 0.341 e. The minimum atomic E-state index is -0.983. The Morgan fingerprint density at radius 2 is 1.94 bits per heavy atom. The number of benzene rings is 2. The van der Waals surface area contributed by atoms with E-state index in [0.29, 0.717) is 17.9 Å². The Morgan fingerprint density at radius 1 is 1.20 bits per heavy atom. The molecule has 178 valence electrons. The third-order valence-electron chi connectivity index (χ3n) is 7.03. The molecule has 3 amide bonds. The lowest BCUT2D eigenvalue weighted by Crippen LogP contribution is -2.45. The van der Waals surface area contributed by atoms with E-state index in [0.717, 1.165) is 16.5 Å². The van der Waals surface area contributed by atoms with Crippen molar-refractivity contribution < 1.29 is 14.4 Å². The van der Waals surface area contributed by atoms with Gasteiger partial charge in [-0.1, -0.05) is 50.2 Å². The fraction of sp³-hybridized carbons (Fsp3) is 0.333. The molecule has 1 spiro atoms. The van der Waals surface area contributed by atoms with Crippen molar-refractivity contribution in [1.82, 2.24) is 9.88 Å². The molecular weight excluding hydrogens is 442 g/mol. The fourth-order valence-corrected chi connectivity index (χ4v) is 5.34. The Hall–Kier alpha value is -4.12. The Balaban J connectivity index is 1.43. The zero-order valence-electron chi connectivity index (χ0n) is 19.7. The first kappa shape index (κ1) is 22.7. The number of carbonyl (C=O) groups excluding carboxylic acids is 3. The molecule has 2 aliphatic rings. The van der Waals surface area contributed by atoms with Crippen molar-refractivity contribution in [2.24, 2.45) is 11.8 Å². The number of carbonyl (C=O) groups is 3. The van der Waals surface area contributed by atoms with Gasteiger partial charge in [-0.05, 0) is 36.1 Å². The summed E-state index contributed by atoms with van der Waals surface area (Å²) in [6.45, 7) is 3.97. The molecular formula is C27H27N5O3. The fourth-order valence-electron chi connectivity index (χ4n) is 5.34. The third-order valence-corrected chi connectivity index (χ3v) is 7.03. The monoisotopic (exact) mass is 469 g/mol. The highest BCUT2D eigenvalue weighted by molar-refractivity contribution is 6.09. The lowest BCUT2D eigenvalue weighted by Gasteiger charge is -2.27. The number of rotatable bonds is 5. The molecule has 35 heavy (non-hydrogen) atoms. The van der Waals surface area contributed by atoms with Crippen LogP contribution in [0.25, 0.3) is 10.9 Å². The summed E-state index contributed by atoms with van der Waals surface area (Å²) in [5.74, 6) is -1.46. The number of hydrogen-bond acceptors (Lipinski definition) is 4. The maximum absolute atomic E-state index is 13.8. The van der Waals surface area contributed by atoms with Crippen molar-refractivity contribution in [3.05, 3.63) is 60.2 Å². The van der Waals surface area contributed by atoms with E-state index in [1.165, 1.54) is 4.90 Å². The smallest absolute Gasteiger partial charge is 0.238 e. The summed E-state index contributed by atoms with van der Waals surface area (Å²) in [6, 6.07) is 18.3. The summed E-state index contributed by atoms with van der Waals surface area (Å²) in [7, 11) is 0. The minimum absolute atomic E-state index is 0.0706. The molecule has 2 unspecified atom stereocenters. The van der Waals surface area contributed by atoms with Crippen molar-refractivity contribution in [2.45, 2.75) is 38.1 Å². The van der Waals surface area contributed by atoms with Crippen LogP contribution in [-0.2, 0) is 19.8 Å². The molecule has 3 atom stereocenters. The van der Waals surface area contributed by atoms with E-state index in [-0.39, 0.29) is 24.8 Å². The second kappa shape index (κ2) is 8.58. The number of para-hydroxylation sites is 2. The Bertz CT molecular complexity index is 1340. The summed E-state index contributed by atoms with van der Waals surface area (Å²) >= 11 is 0. The number of nitrogens with zero attached hydrogens (tertiary/aromatic N) is 2. The summed E-state index contributed by atoms with van der Waals surface area (Å²) in [6.07, 6.45) is 0.533. The van der Waals surface area contributed by atoms with E-state index in [1.807, 2.05) is 68.4 Å². The van der Waals surface area contributed by atoms with Crippen molar-refractivity contribution in [3.8, 4) is 6.07 Å². The zero-order chi connectivity index (χ0) is 24.7. The number of nitrogens with one attached hydrogen (secondary N) is 3. The average molecular weight is 470 g/mol. The van der Waals surface area contributed by atoms with Crippen LogP contribution in [0.2, 0.25) is 0 Å². The number of anilines is 2. The lowest BCUT2D eigenvalue weighted by molar-refractivity contribution is -0.141. The SMILES string of the molecule is CC(C)CC(C(=O)Nc1cc2ccccc2[nH]1)C(=O)N1C[C@]2(CC1C#N)C(=O)Nc1ccccc12. The number of H-pyrrole nitrogens is 1. The molecule has 3 heterocycles. The molecule has 2 aromatic carbocycles. The number of amides is 3. The molecule has 3 aromatic rings. The molecule has 8 heteroatoms. The van der Waals surface area contributed by atoms with Crippen LogP contribution in [0, 0.1) is 23.2 Å². The molecule has 3 N–H and O–H groups in total. The number of hydrogen-bond donors (Lipinski definition) is 3. The van der Waals surface area contributed by atoms with Gasteiger partial charge < -0.3 is 20.5 Å². The first-order valence-corrected chi connectivity index (χ1v) is 11.8. The minimum Gasteiger partial charge on any atom is -0.341 e. The first-order chi connectivity index (χ1) is 16.8. The van der Waals surface area contributed by atoms with Gasteiger partial charge in [0.25, 0.3) is 0 Å². The van der Waals surface area contributed by atoms with Crippen LogP contribution in [0.3, 0.4) is 0 Å². The second-order valence-electron chi connectivity index (χ2n) is 9.84. The molecule has 0 saturated carbocycles. The van der Waals surface area contributed by atoms with Crippen LogP contribution in [0.4, 0.5) is 11.5 Å². The second-order valence-corrected chi connectivity index (χ2v) is 9.84. The predicted molar refractivity (Wildman–Crippen MR) is 132 cm³/mol. The Kier molecular flexibility index (Phi) is 5.56. The first-order valence-electron chi connectivity index (χ1n) is 11.8. The molecule has 0 radical (unpaired) electrons. The van der Waals surface area contributed by atoms with Crippen LogP contribution >= 0.6 is 0 Å². The maximum atomic E-state index is 13.8. The molecule has 0 aliphatic carbocycles. The van der Waals surface area contributed by atoms with Gasteiger partial charge in [-0.15, -0.1) is 0 Å². The van der Waals surface area contributed by atoms with Crippen molar-refractivity contribution in [1.29, 1.82) is 5.26 Å². The average Bonchev–Trinajstić information content (AvgIpc) is 3.51. The zero-order valence-corrected chi connectivity index (χ0v) is 19.7. The van der Waals surface area contributed by atoms with Gasteiger partial charge in [-0.2, -0.15) is 5.26 Å². The predicted octanol–water partition coefficient (Wildman–Crippen LogP) is 3.78. The van der Waals surface area contributed by atoms with Crippen LogP contribution < -0.4 is 10.6 Å². The van der Waals surface area contributed by atoms with Crippen molar-refractivity contribution in [2.75, 3.05) is 17.2 Å². The Morgan fingerprint density at radius 3 is 2.69 bits per heavy atom. The van der Waals surface area contributed by atoms with Crippen LogP contribution in [0.5, 0.6) is 0 Å². The van der Waals surface area contributed by atoms with Crippen LogP contribution in [0.15, 0.2) is 54.6 Å². The molecule has 0 bridgehead atoms. The van der Waals surface area contributed by atoms with Gasteiger partial charge in [0.15, 0.2) is 0 Å².